The second-order valence-corrected chi connectivity index (χ2v) is 6.77. The number of H-pyrrole nitrogens is 1. The molecule has 30 heavy (non-hydrogen) atoms. The third-order valence-corrected chi connectivity index (χ3v) is 4.80. The highest BCUT2D eigenvalue weighted by Gasteiger charge is 2.34. The van der Waals surface area contributed by atoms with Crippen molar-refractivity contribution in [1.29, 1.82) is 0 Å². The Morgan fingerprint density at radius 2 is 1.93 bits per heavy atom. The lowest BCUT2D eigenvalue weighted by atomic mass is 10.0. The van der Waals surface area contributed by atoms with Crippen molar-refractivity contribution in [1.82, 2.24) is 14.9 Å². The second kappa shape index (κ2) is 9.97. The van der Waals surface area contributed by atoms with E-state index in [-0.39, 0.29) is 13.0 Å². The maximum atomic E-state index is 11.4. The van der Waals surface area contributed by atoms with Gasteiger partial charge in [0.15, 0.2) is 0 Å². The summed E-state index contributed by atoms with van der Waals surface area (Å²) in [7, 11) is 0. The molecule has 1 aromatic heterocycles. The SMILES string of the molecule is O=CNCc1cccc2ccccc12.O=c1ccn([C@H]2C[C@H](O)[C@@H](CO)O2)c(=O)[nH]1. The molecule has 0 unspecified atom stereocenters. The summed E-state index contributed by atoms with van der Waals surface area (Å²) in [6, 6.07) is 15.5. The molecule has 1 aliphatic heterocycles. The topological polar surface area (TPSA) is 134 Å². The maximum absolute atomic E-state index is 11.4. The predicted octanol–water partition coefficient (Wildman–Crippen LogP) is 0.263. The Kier molecular flexibility index (Phi) is 7.12. The molecule has 3 aromatic rings. The first-order chi connectivity index (χ1) is 14.5. The first kappa shape index (κ1) is 21.4. The normalized spacial score (nSPS) is 20.4. The molecule has 0 aliphatic carbocycles. The summed E-state index contributed by atoms with van der Waals surface area (Å²) >= 11 is 0. The van der Waals surface area contributed by atoms with E-state index in [2.05, 4.69) is 28.5 Å². The van der Waals surface area contributed by atoms with Gasteiger partial charge in [-0.2, -0.15) is 0 Å². The fraction of sp³-hybridized carbons (Fsp3) is 0.286. The van der Waals surface area contributed by atoms with Crippen LogP contribution in [0.2, 0.25) is 0 Å². The number of fused-ring (bicyclic) bond motifs is 1. The van der Waals surface area contributed by atoms with E-state index >= 15 is 0 Å². The molecular weight excluding hydrogens is 390 g/mol. The standard InChI is InChI=1S/C12H11NO.C9H12N2O5/c14-9-13-8-11-6-3-5-10-4-1-2-7-12(10)11;12-4-6-5(13)3-8(16-6)11-2-1-7(14)10-9(11)15/h1-7,9H,8H2,(H,13,14);1-2,5-6,8,12-13H,3-4H2,(H,10,14,15)/t;5-,6+,8+/m.0/s1. The number of benzene rings is 2. The summed E-state index contributed by atoms with van der Waals surface area (Å²) in [5.74, 6) is 0. The summed E-state index contributed by atoms with van der Waals surface area (Å²) < 4.78 is 6.45. The average molecular weight is 413 g/mol. The molecule has 0 saturated carbocycles. The van der Waals surface area contributed by atoms with Crippen molar-refractivity contribution in [2.24, 2.45) is 0 Å². The molecule has 0 radical (unpaired) electrons. The second-order valence-electron chi connectivity index (χ2n) is 6.77. The zero-order valence-corrected chi connectivity index (χ0v) is 16.1. The number of aliphatic hydroxyl groups is 2. The van der Waals surface area contributed by atoms with E-state index in [9.17, 15) is 19.5 Å². The van der Waals surface area contributed by atoms with Gasteiger partial charge in [-0.15, -0.1) is 0 Å². The number of hydrogen-bond acceptors (Lipinski definition) is 6. The van der Waals surface area contributed by atoms with E-state index in [0.717, 1.165) is 12.0 Å². The Bertz CT molecular complexity index is 1100. The number of rotatable bonds is 5. The van der Waals surface area contributed by atoms with E-state index in [4.69, 9.17) is 9.84 Å². The van der Waals surface area contributed by atoms with Gasteiger partial charge < -0.3 is 20.3 Å². The first-order valence-electron chi connectivity index (χ1n) is 9.43. The highest BCUT2D eigenvalue weighted by molar-refractivity contribution is 5.85. The van der Waals surface area contributed by atoms with Gasteiger partial charge in [-0.3, -0.25) is 19.1 Å². The van der Waals surface area contributed by atoms with Crippen LogP contribution in [-0.2, 0) is 16.1 Å². The van der Waals surface area contributed by atoms with Gasteiger partial charge in [-0.1, -0.05) is 42.5 Å². The van der Waals surface area contributed by atoms with E-state index in [1.54, 1.807) is 0 Å². The molecule has 1 saturated heterocycles. The molecule has 0 spiro atoms. The minimum Gasteiger partial charge on any atom is -0.394 e. The van der Waals surface area contributed by atoms with Crippen molar-refractivity contribution in [3.8, 4) is 0 Å². The molecule has 2 heterocycles. The minimum atomic E-state index is -0.811. The van der Waals surface area contributed by atoms with Crippen molar-refractivity contribution in [2.45, 2.75) is 31.4 Å². The molecule has 4 N–H and O–H groups in total. The van der Waals surface area contributed by atoms with Crippen LogP contribution in [0.5, 0.6) is 0 Å². The van der Waals surface area contributed by atoms with Crippen LogP contribution in [0, 0.1) is 0 Å². The van der Waals surface area contributed by atoms with Gasteiger partial charge in [0.25, 0.3) is 5.56 Å². The van der Waals surface area contributed by atoms with E-state index in [1.165, 1.54) is 27.6 Å². The quantitative estimate of drug-likeness (QED) is 0.444. The van der Waals surface area contributed by atoms with Gasteiger partial charge in [-0.05, 0) is 16.3 Å². The zero-order valence-electron chi connectivity index (χ0n) is 16.1. The lowest BCUT2D eigenvalue weighted by molar-refractivity contribution is -0.109. The smallest absolute Gasteiger partial charge is 0.330 e. The van der Waals surface area contributed by atoms with E-state index in [0.29, 0.717) is 6.54 Å². The molecular formula is C21H23N3O6. The minimum absolute atomic E-state index is 0.206. The molecule has 4 rings (SSSR count). The number of aromatic amines is 1. The molecule has 1 fully saturated rings. The summed E-state index contributed by atoms with van der Waals surface area (Å²) in [5, 5.41) is 23.5. The van der Waals surface area contributed by atoms with Gasteiger partial charge in [-0.25, -0.2) is 4.79 Å². The number of ether oxygens (including phenoxy) is 1. The number of amides is 1. The molecule has 2 aromatic carbocycles. The summed E-state index contributed by atoms with van der Waals surface area (Å²) in [6.07, 6.45) is 0.0752. The van der Waals surface area contributed by atoms with Crippen LogP contribution in [-0.4, -0.2) is 45.0 Å². The van der Waals surface area contributed by atoms with Gasteiger partial charge in [0, 0.05) is 25.2 Å². The number of hydrogen-bond donors (Lipinski definition) is 4. The molecule has 1 aliphatic rings. The summed E-state index contributed by atoms with van der Waals surface area (Å²) in [5.41, 5.74) is 0.0667. The third kappa shape index (κ3) is 5.01. The third-order valence-electron chi connectivity index (χ3n) is 4.80. The number of nitrogens with one attached hydrogen (secondary N) is 2. The van der Waals surface area contributed by atoms with E-state index in [1.807, 2.05) is 24.3 Å². The predicted molar refractivity (Wildman–Crippen MR) is 110 cm³/mol. The van der Waals surface area contributed by atoms with Crippen LogP contribution in [0.15, 0.2) is 64.3 Å². The number of aromatic nitrogens is 2. The lowest BCUT2D eigenvalue weighted by Gasteiger charge is -2.13. The summed E-state index contributed by atoms with van der Waals surface area (Å²) in [4.78, 5) is 34.5. The lowest BCUT2D eigenvalue weighted by Crippen LogP contribution is -2.31. The van der Waals surface area contributed by atoms with Crippen LogP contribution in [0.25, 0.3) is 10.8 Å². The highest BCUT2D eigenvalue weighted by Crippen LogP contribution is 2.26. The first-order valence-corrected chi connectivity index (χ1v) is 9.43. The Balaban J connectivity index is 0.000000172. The van der Waals surface area contributed by atoms with Gasteiger partial charge in [0.2, 0.25) is 6.41 Å². The molecule has 9 nitrogen and oxygen atoms in total. The monoisotopic (exact) mass is 413 g/mol. The zero-order chi connectivity index (χ0) is 21.5. The van der Waals surface area contributed by atoms with Crippen molar-refractivity contribution >= 4 is 17.2 Å². The fourth-order valence-corrected chi connectivity index (χ4v) is 3.30. The Morgan fingerprint density at radius 3 is 2.63 bits per heavy atom. The Labute approximate surface area is 171 Å². The van der Waals surface area contributed by atoms with Gasteiger partial charge in [0.05, 0.1) is 12.7 Å². The fourth-order valence-electron chi connectivity index (χ4n) is 3.30. The maximum Gasteiger partial charge on any atom is 0.330 e. The number of nitrogens with zero attached hydrogens (tertiary/aromatic N) is 1. The van der Waals surface area contributed by atoms with E-state index < -0.39 is 29.7 Å². The van der Waals surface area contributed by atoms with Crippen LogP contribution in [0.4, 0.5) is 0 Å². The van der Waals surface area contributed by atoms with Crippen LogP contribution in [0.3, 0.4) is 0 Å². The molecule has 158 valence electrons. The molecule has 0 bridgehead atoms. The number of aliphatic hydroxyl groups excluding tert-OH is 2. The average Bonchev–Trinajstić information content (AvgIpc) is 3.13. The molecule has 9 heteroatoms. The van der Waals surface area contributed by atoms with Crippen molar-refractivity contribution < 1.29 is 19.7 Å². The molecule has 1 amide bonds. The molecule has 3 atom stereocenters. The van der Waals surface area contributed by atoms with Crippen LogP contribution in [0.1, 0.15) is 18.2 Å². The van der Waals surface area contributed by atoms with Crippen LogP contribution >= 0.6 is 0 Å². The number of carbonyl (C=O) groups is 1. The number of carbonyl (C=O) groups excluding carboxylic acids is 1. The van der Waals surface area contributed by atoms with Crippen molar-refractivity contribution in [2.75, 3.05) is 6.61 Å². The van der Waals surface area contributed by atoms with Gasteiger partial charge >= 0.3 is 5.69 Å². The largest absolute Gasteiger partial charge is 0.394 e. The van der Waals surface area contributed by atoms with Crippen molar-refractivity contribution in [3.05, 3.63) is 81.1 Å². The summed E-state index contributed by atoms with van der Waals surface area (Å²) in [6.45, 7) is 0.278. The Morgan fingerprint density at radius 1 is 1.17 bits per heavy atom. The Hall–Kier alpha value is -3.27. The highest BCUT2D eigenvalue weighted by atomic mass is 16.5. The van der Waals surface area contributed by atoms with Crippen molar-refractivity contribution in [3.63, 3.8) is 0 Å². The van der Waals surface area contributed by atoms with Crippen LogP contribution < -0.4 is 16.6 Å². The van der Waals surface area contributed by atoms with Gasteiger partial charge in [0.1, 0.15) is 12.3 Å².